The fourth-order valence-electron chi connectivity index (χ4n) is 1.30. The first-order chi connectivity index (χ1) is 5.38. The van der Waals surface area contributed by atoms with Gasteiger partial charge in [-0.3, -0.25) is 4.79 Å². The summed E-state index contributed by atoms with van der Waals surface area (Å²) in [7, 11) is 0. The van der Waals surface area contributed by atoms with Gasteiger partial charge in [-0.05, 0) is 5.56 Å². The van der Waals surface area contributed by atoms with Crippen molar-refractivity contribution in [1.82, 2.24) is 0 Å². The van der Waals surface area contributed by atoms with Gasteiger partial charge in [0.15, 0.2) is 5.78 Å². The Morgan fingerprint density at radius 2 is 1.92 bits per heavy atom. The molecule has 0 fully saturated rings. The molecular formula is C10H8CrO. The van der Waals surface area contributed by atoms with Gasteiger partial charge in [-0.25, -0.2) is 0 Å². The van der Waals surface area contributed by atoms with E-state index in [1.165, 1.54) is 0 Å². The van der Waals surface area contributed by atoms with Gasteiger partial charge < -0.3 is 0 Å². The number of hydrogen-bond acceptors (Lipinski definition) is 1. The Kier molecular flexibility index (Phi) is 2.86. The van der Waals surface area contributed by atoms with Crippen LogP contribution >= 0.6 is 0 Å². The first-order valence-corrected chi connectivity index (χ1v) is 3.67. The van der Waals surface area contributed by atoms with Gasteiger partial charge in [0.25, 0.3) is 0 Å². The molecule has 0 saturated heterocycles. The van der Waals surface area contributed by atoms with Crippen molar-refractivity contribution in [2.24, 2.45) is 0 Å². The molecule has 2 rings (SSSR count). The van der Waals surface area contributed by atoms with Crippen molar-refractivity contribution >= 4 is 11.9 Å². The van der Waals surface area contributed by atoms with Crippen molar-refractivity contribution in [1.29, 1.82) is 0 Å². The molecule has 0 amide bonds. The van der Waals surface area contributed by atoms with E-state index in [-0.39, 0.29) is 23.1 Å². The summed E-state index contributed by atoms with van der Waals surface area (Å²) in [5.74, 6) is 0.225. The van der Waals surface area contributed by atoms with Gasteiger partial charge >= 0.3 is 0 Å². The zero-order valence-corrected chi connectivity index (χ0v) is 7.76. The Balaban J connectivity index is 0.000000720. The van der Waals surface area contributed by atoms with E-state index >= 15 is 0 Å². The first kappa shape index (κ1) is 9.25. The molecule has 60 valence electrons. The number of fused-ring (bicyclic) bond motifs is 1. The number of Topliss-reactive ketones (excluding diaryl/α,β-unsaturated/α-hetero) is 1. The summed E-state index contributed by atoms with van der Waals surface area (Å²) in [5, 5.41) is 0. The molecule has 0 aromatic heterocycles. The Bertz CT molecular complexity index is 328. The van der Waals surface area contributed by atoms with Crippen molar-refractivity contribution in [2.75, 3.05) is 0 Å². The van der Waals surface area contributed by atoms with Gasteiger partial charge in [0, 0.05) is 29.3 Å². The van der Waals surface area contributed by atoms with Gasteiger partial charge in [0.1, 0.15) is 0 Å². The quantitative estimate of drug-likeness (QED) is 0.622. The fraction of sp³-hybridized carbons (Fsp3) is 0.100. The van der Waals surface area contributed by atoms with E-state index < -0.39 is 0 Å². The van der Waals surface area contributed by atoms with Gasteiger partial charge in [0.05, 0.1) is 0 Å². The van der Waals surface area contributed by atoms with Crippen LogP contribution in [0.1, 0.15) is 22.3 Å². The van der Waals surface area contributed by atoms with Crippen LogP contribution in [0.2, 0.25) is 0 Å². The number of hydrogen-bond donors (Lipinski definition) is 0. The molecule has 2 heteroatoms. The van der Waals surface area contributed by atoms with E-state index in [1.54, 1.807) is 0 Å². The Morgan fingerprint density at radius 1 is 1.17 bits per heavy atom. The van der Waals surface area contributed by atoms with Gasteiger partial charge in [-0.2, -0.15) is 0 Å². The van der Waals surface area contributed by atoms with Crippen molar-refractivity contribution in [3.8, 4) is 0 Å². The van der Waals surface area contributed by atoms with Crippen LogP contribution in [0.5, 0.6) is 0 Å². The van der Waals surface area contributed by atoms with Crippen LogP contribution in [-0.4, -0.2) is 5.78 Å². The smallest absolute Gasteiger partial charge is 0.167 e. The summed E-state index contributed by atoms with van der Waals surface area (Å²) < 4.78 is 0. The summed E-state index contributed by atoms with van der Waals surface area (Å²) in [4.78, 5) is 11.2. The van der Waals surface area contributed by atoms with Crippen LogP contribution in [-0.2, 0) is 17.4 Å². The van der Waals surface area contributed by atoms with Crippen molar-refractivity contribution < 1.29 is 22.2 Å². The molecule has 1 aromatic rings. The average molecular weight is 196 g/mol. The van der Waals surface area contributed by atoms with Crippen LogP contribution in [0, 0.1) is 0 Å². The van der Waals surface area contributed by atoms with E-state index in [2.05, 4.69) is 0 Å². The second-order valence-corrected chi connectivity index (χ2v) is 2.62. The first-order valence-electron chi connectivity index (χ1n) is 3.67. The Hall–Kier alpha value is -0.838. The summed E-state index contributed by atoms with van der Waals surface area (Å²) in [6.45, 7) is 0. The zero-order chi connectivity index (χ0) is 7.68. The van der Waals surface area contributed by atoms with Crippen LogP contribution < -0.4 is 0 Å². The van der Waals surface area contributed by atoms with Gasteiger partial charge in [-0.1, -0.05) is 36.4 Å². The van der Waals surface area contributed by atoms with Gasteiger partial charge in [0.2, 0.25) is 0 Å². The molecule has 0 bridgehead atoms. The molecule has 1 aliphatic rings. The largest absolute Gasteiger partial charge is 0.294 e. The summed E-state index contributed by atoms with van der Waals surface area (Å²) in [5.41, 5.74) is 1.90. The molecule has 1 aliphatic carbocycles. The minimum absolute atomic E-state index is 0. The zero-order valence-electron chi connectivity index (χ0n) is 6.49. The number of carbonyl (C=O) groups is 1. The number of carbonyl (C=O) groups excluding carboxylic acids is 1. The minimum Gasteiger partial charge on any atom is -0.294 e. The second-order valence-electron chi connectivity index (χ2n) is 2.62. The predicted octanol–water partition coefficient (Wildman–Crippen LogP) is 2.28. The molecule has 12 heavy (non-hydrogen) atoms. The SMILES string of the molecule is O=C1CC=Cc2ccccc21.[Cr]. The molecule has 0 spiro atoms. The number of rotatable bonds is 0. The molecule has 0 N–H and O–H groups in total. The maximum Gasteiger partial charge on any atom is 0.167 e. The molecule has 1 aromatic carbocycles. The second kappa shape index (κ2) is 3.71. The molecule has 1 nitrogen and oxygen atoms in total. The molecule has 0 aliphatic heterocycles. The molecular weight excluding hydrogens is 188 g/mol. The van der Waals surface area contributed by atoms with Gasteiger partial charge in [-0.15, -0.1) is 0 Å². The summed E-state index contributed by atoms with van der Waals surface area (Å²) >= 11 is 0. The third kappa shape index (κ3) is 1.50. The summed E-state index contributed by atoms with van der Waals surface area (Å²) in [6.07, 6.45) is 4.46. The summed E-state index contributed by atoms with van der Waals surface area (Å²) in [6, 6.07) is 7.68. The average Bonchev–Trinajstić information content (AvgIpc) is 2.06. The molecule has 0 radical (unpaired) electrons. The number of allylic oxidation sites excluding steroid dienone is 1. The van der Waals surface area contributed by atoms with Crippen LogP contribution in [0.15, 0.2) is 30.3 Å². The molecule has 0 saturated carbocycles. The fourth-order valence-corrected chi connectivity index (χ4v) is 1.30. The third-order valence-electron chi connectivity index (χ3n) is 1.86. The number of benzene rings is 1. The van der Waals surface area contributed by atoms with E-state index in [1.807, 2.05) is 36.4 Å². The Labute approximate surface area is 82.2 Å². The molecule has 0 unspecified atom stereocenters. The van der Waals surface area contributed by atoms with E-state index in [0.29, 0.717) is 6.42 Å². The van der Waals surface area contributed by atoms with Crippen molar-refractivity contribution in [2.45, 2.75) is 6.42 Å². The van der Waals surface area contributed by atoms with Crippen LogP contribution in [0.3, 0.4) is 0 Å². The van der Waals surface area contributed by atoms with Crippen LogP contribution in [0.25, 0.3) is 6.08 Å². The monoisotopic (exact) mass is 196 g/mol. The van der Waals surface area contributed by atoms with Crippen molar-refractivity contribution in [3.63, 3.8) is 0 Å². The maximum absolute atomic E-state index is 11.2. The van der Waals surface area contributed by atoms with Crippen molar-refractivity contribution in [3.05, 3.63) is 41.5 Å². The van der Waals surface area contributed by atoms with E-state index in [0.717, 1.165) is 11.1 Å². The van der Waals surface area contributed by atoms with E-state index in [9.17, 15) is 4.79 Å². The molecule has 0 atom stereocenters. The predicted molar refractivity (Wildman–Crippen MR) is 44.4 cm³/mol. The third-order valence-corrected chi connectivity index (χ3v) is 1.86. The van der Waals surface area contributed by atoms with Crippen LogP contribution in [0.4, 0.5) is 0 Å². The standard InChI is InChI=1S/C10H8O.Cr/c11-10-7-3-5-8-4-1-2-6-9(8)10;/h1-6H,7H2;. The number of ketones is 1. The minimum atomic E-state index is 0. The maximum atomic E-state index is 11.2. The van der Waals surface area contributed by atoms with E-state index in [4.69, 9.17) is 0 Å². The topological polar surface area (TPSA) is 17.1 Å². The normalized spacial score (nSPS) is 13.5. The molecule has 0 heterocycles. The Morgan fingerprint density at radius 3 is 2.67 bits per heavy atom.